The molecule has 0 amide bonds. The van der Waals surface area contributed by atoms with Crippen LogP contribution in [-0.2, 0) is 18.8 Å². The fraction of sp³-hybridized carbons (Fsp3) is 0.440. The number of ketones is 1. The molecule has 0 bridgehead atoms. The number of rotatable bonds is 7. The van der Waals surface area contributed by atoms with Crippen LogP contribution in [0.5, 0.6) is 5.75 Å². The first-order chi connectivity index (χ1) is 15.3. The summed E-state index contributed by atoms with van der Waals surface area (Å²) >= 11 is 0. The van der Waals surface area contributed by atoms with Crippen LogP contribution in [0.3, 0.4) is 0 Å². The van der Waals surface area contributed by atoms with Crippen molar-refractivity contribution in [2.75, 3.05) is 13.2 Å². The molecule has 1 saturated heterocycles. The summed E-state index contributed by atoms with van der Waals surface area (Å²) in [5.74, 6) is -0.194. The summed E-state index contributed by atoms with van der Waals surface area (Å²) in [4.78, 5) is 25.1. The molecule has 1 aliphatic heterocycles. The van der Waals surface area contributed by atoms with Gasteiger partial charge in [-0.05, 0) is 52.0 Å². The molecule has 33 heavy (non-hydrogen) atoms. The van der Waals surface area contributed by atoms with E-state index in [1.807, 2.05) is 13.8 Å². The van der Waals surface area contributed by atoms with Crippen molar-refractivity contribution in [3.05, 3.63) is 59.7 Å². The third-order valence-corrected chi connectivity index (χ3v) is 5.32. The van der Waals surface area contributed by atoms with Gasteiger partial charge in [0.15, 0.2) is 11.4 Å². The Morgan fingerprint density at radius 1 is 0.970 bits per heavy atom. The molecule has 1 heterocycles. The van der Waals surface area contributed by atoms with E-state index in [1.54, 1.807) is 76.2 Å². The third kappa shape index (κ3) is 6.02. The Morgan fingerprint density at radius 2 is 1.45 bits per heavy atom. The minimum absolute atomic E-state index is 0.163. The highest BCUT2D eigenvalue weighted by molar-refractivity contribution is 6.74. The van der Waals surface area contributed by atoms with Crippen molar-refractivity contribution in [2.24, 2.45) is 5.41 Å². The molecule has 2 aromatic carbocycles. The van der Waals surface area contributed by atoms with Crippen LogP contribution in [0.2, 0.25) is 0 Å². The maximum Gasteiger partial charge on any atom is 0.407 e. The topological polar surface area (TPSA) is 91.3 Å². The number of hydrogen-bond donors (Lipinski definition) is 1. The van der Waals surface area contributed by atoms with Crippen molar-refractivity contribution in [1.29, 1.82) is 0 Å². The van der Waals surface area contributed by atoms with Gasteiger partial charge >= 0.3 is 12.7 Å². The highest BCUT2D eigenvalue weighted by Gasteiger charge is 2.36. The molecular formula is C25H32BO7-. The number of esters is 1. The van der Waals surface area contributed by atoms with Gasteiger partial charge < -0.3 is 23.8 Å². The molecule has 0 aromatic heterocycles. The van der Waals surface area contributed by atoms with E-state index < -0.39 is 18.3 Å². The molecular weight excluding hydrogens is 423 g/mol. The summed E-state index contributed by atoms with van der Waals surface area (Å²) in [7, 11) is 0. The Morgan fingerprint density at radius 3 is 1.94 bits per heavy atom. The molecule has 0 radical (unpaired) electrons. The van der Waals surface area contributed by atoms with Gasteiger partial charge in [0.2, 0.25) is 0 Å². The van der Waals surface area contributed by atoms with Crippen LogP contribution in [-0.4, -0.2) is 48.4 Å². The molecule has 1 aliphatic rings. The number of hydrogen-bond acceptors (Lipinski definition) is 7. The molecule has 0 saturated carbocycles. The Hall–Kier alpha value is -2.68. The van der Waals surface area contributed by atoms with Gasteiger partial charge in [0.1, 0.15) is 5.75 Å². The first kappa shape index (κ1) is 25.0. The quantitative estimate of drug-likeness (QED) is 0.389. The van der Waals surface area contributed by atoms with Crippen molar-refractivity contribution in [2.45, 2.75) is 53.2 Å². The second-order valence-corrected chi connectivity index (χ2v) is 10.0. The van der Waals surface area contributed by atoms with Crippen LogP contribution in [0.4, 0.5) is 0 Å². The summed E-state index contributed by atoms with van der Waals surface area (Å²) in [6.45, 7) is 9.02. The molecule has 1 fully saturated rings. The summed E-state index contributed by atoms with van der Waals surface area (Å²) in [5.41, 5.74) is 0.0921. The lowest BCUT2D eigenvalue weighted by atomic mass is 9.67. The van der Waals surface area contributed by atoms with Gasteiger partial charge in [-0.2, -0.15) is 0 Å². The van der Waals surface area contributed by atoms with E-state index in [1.165, 1.54) is 0 Å². The van der Waals surface area contributed by atoms with E-state index in [-0.39, 0.29) is 17.3 Å². The fourth-order valence-electron chi connectivity index (χ4n) is 3.37. The first-order valence-corrected chi connectivity index (χ1v) is 11.1. The van der Waals surface area contributed by atoms with Crippen molar-refractivity contribution in [1.82, 2.24) is 0 Å². The predicted octanol–water partition coefficient (Wildman–Crippen LogP) is 3.24. The molecule has 178 valence electrons. The molecule has 2 aromatic rings. The average molecular weight is 455 g/mol. The van der Waals surface area contributed by atoms with E-state index in [2.05, 4.69) is 0 Å². The standard InChI is InChI=1S/C25H32BO7/c1-17(2)32-23(28)25(5,6)33-21-13-9-19(10-14-21)22(27)18-7-11-20(12-8-18)26(29)30-15-24(3,4)16-31-26/h7-14,17,29H,15-16H2,1-6H3/q-1. The molecule has 0 unspecified atom stereocenters. The van der Waals surface area contributed by atoms with Gasteiger partial charge in [0.25, 0.3) is 0 Å². The Balaban J connectivity index is 1.67. The lowest BCUT2D eigenvalue weighted by molar-refractivity contribution is -0.163. The highest BCUT2D eigenvalue weighted by atomic mass is 16.7. The van der Waals surface area contributed by atoms with E-state index in [9.17, 15) is 14.6 Å². The van der Waals surface area contributed by atoms with E-state index in [0.717, 1.165) is 0 Å². The maximum absolute atomic E-state index is 12.9. The zero-order valence-electron chi connectivity index (χ0n) is 20.1. The molecule has 0 aliphatic carbocycles. The van der Waals surface area contributed by atoms with Crippen LogP contribution in [0.15, 0.2) is 48.5 Å². The maximum atomic E-state index is 12.9. The summed E-state index contributed by atoms with van der Waals surface area (Å²) in [6, 6.07) is 13.1. The minimum Gasteiger partial charge on any atom is -0.555 e. The fourth-order valence-corrected chi connectivity index (χ4v) is 3.37. The molecule has 3 rings (SSSR count). The monoisotopic (exact) mass is 455 g/mol. The normalized spacial score (nSPS) is 17.5. The summed E-state index contributed by atoms with van der Waals surface area (Å²) < 4.78 is 22.2. The van der Waals surface area contributed by atoms with Gasteiger partial charge in [-0.3, -0.25) is 4.79 Å². The second kappa shape index (κ2) is 9.29. The van der Waals surface area contributed by atoms with Gasteiger partial charge in [-0.25, -0.2) is 4.79 Å². The van der Waals surface area contributed by atoms with Crippen molar-refractivity contribution in [3.63, 3.8) is 0 Å². The Bertz CT molecular complexity index is 984. The lowest BCUT2D eigenvalue weighted by Gasteiger charge is -2.47. The lowest BCUT2D eigenvalue weighted by Crippen LogP contribution is -2.60. The van der Waals surface area contributed by atoms with E-state index in [0.29, 0.717) is 35.6 Å². The highest BCUT2D eigenvalue weighted by Crippen LogP contribution is 2.26. The molecule has 0 spiro atoms. The predicted molar refractivity (Wildman–Crippen MR) is 126 cm³/mol. The second-order valence-electron chi connectivity index (χ2n) is 10.0. The first-order valence-electron chi connectivity index (χ1n) is 11.1. The zero-order chi connectivity index (χ0) is 24.4. The third-order valence-electron chi connectivity index (χ3n) is 5.32. The van der Waals surface area contributed by atoms with Crippen LogP contribution < -0.4 is 10.2 Å². The smallest absolute Gasteiger partial charge is 0.407 e. The van der Waals surface area contributed by atoms with Gasteiger partial charge in [0.05, 0.1) is 6.10 Å². The van der Waals surface area contributed by atoms with Crippen LogP contribution >= 0.6 is 0 Å². The van der Waals surface area contributed by atoms with Gasteiger partial charge in [-0.1, -0.05) is 38.1 Å². The number of carbonyl (C=O) groups is 2. The number of ether oxygens (including phenoxy) is 2. The molecule has 8 heteroatoms. The Kier molecular flexibility index (Phi) is 7.03. The molecule has 0 atom stereocenters. The van der Waals surface area contributed by atoms with Crippen LogP contribution in [0.1, 0.15) is 57.5 Å². The average Bonchev–Trinajstić information content (AvgIpc) is 2.75. The summed E-state index contributed by atoms with van der Waals surface area (Å²) in [6.07, 6.45) is -0.239. The van der Waals surface area contributed by atoms with Crippen molar-refractivity contribution < 1.29 is 33.4 Å². The minimum atomic E-state index is -2.56. The van der Waals surface area contributed by atoms with Crippen LogP contribution in [0, 0.1) is 5.41 Å². The largest absolute Gasteiger partial charge is 0.555 e. The SMILES string of the molecule is CC(C)OC(=O)C(C)(C)Oc1ccc(C(=O)c2ccc([B-]3(O)OCC(C)(C)CO3)cc2)cc1. The van der Waals surface area contributed by atoms with Crippen LogP contribution in [0.25, 0.3) is 0 Å². The van der Waals surface area contributed by atoms with Gasteiger partial charge in [-0.15, -0.1) is 5.46 Å². The van der Waals surface area contributed by atoms with Crippen molar-refractivity contribution >= 4 is 24.0 Å². The molecule has 7 nitrogen and oxygen atoms in total. The zero-order valence-corrected chi connectivity index (χ0v) is 20.1. The van der Waals surface area contributed by atoms with Crippen molar-refractivity contribution in [3.8, 4) is 5.75 Å². The van der Waals surface area contributed by atoms with E-state index >= 15 is 0 Å². The number of carbonyl (C=O) groups excluding carboxylic acids is 2. The molecule has 1 N–H and O–H groups in total. The van der Waals surface area contributed by atoms with Gasteiger partial charge in [0, 0.05) is 29.8 Å². The number of benzene rings is 2. The van der Waals surface area contributed by atoms with E-state index in [4.69, 9.17) is 18.8 Å². The summed E-state index contributed by atoms with van der Waals surface area (Å²) in [5, 5.41) is 10.7. The Labute approximate surface area is 195 Å².